The van der Waals surface area contributed by atoms with Gasteiger partial charge in [0.1, 0.15) is 11.4 Å². The SMILES string of the molecule is CCCNC(C)(CCCCSc1nnc(C)n1C)C(=O)O. The Morgan fingerprint density at radius 2 is 2.14 bits per heavy atom. The number of nitrogens with zero attached hydrogens (tertiary/aromatic N) is 3. The molecule has 2 N–H and O–H groups in total. The van der Waals surface area contributed by atoms with E-state index in [9.17, 15) is 9.90 Å². The molecule has 1 rings (SSSR count). The predicted octanol–water partition coefficient (Wildman–Crippen LogP) is 2.23. The van der Waals surface area contributed by atoms with Gasteiger partial charge in [-0.25, -0.2) is 0 Å². The highest BCUT2D eigenvalue weighted by Crippen LogP contribution is 2.20. The highest BCUT2D eigenvalue weighted by atomic mass is 32.2. The van der Waals surface area contributed by atoms with E-state index in [0.29, 0.717) is 6.42 Å². The van der Waals surface area contributed by atoms with Crippen LogP contribution in [0.25, 0.3) is 0 Å². The third kappa shape index (κ3) is 5.32. The second-order valence-corrected chi connectivity index (χ2v) is 6.52. The van der Waals surface area contributed by atoms with E-state index in [-0.39, 0.29) is 0 Å². The third-order valence-corrected chi connectivity index (χ3v) is 4.70. The molecule has 0 aromatic carbocycles. The first-order valence-corrected chi connectivity index (χ1v) is 8.36. The van der Waals surface area contributed by atoms with Gasteiger partial charge in [-0.05, 0) is 39.7 Å². The molecule has 6 nitrogen and oxygen atoms in total. The minimum atomic E-state index is -0.817. The first kappa shape index (κ1) is 18.0. The van der Waals surface area contributed by atoms with Crippen LogP contribution in [0.15, 0.2) is 5.16 Å². The molecule has 0 saturated carbocycles. The lowest BCUT2D eigenvalue weighted by Gasteiger charge is -2.26. The fraction of sp³-hybridized carbons (Fsp3) is 0.786. The van der Waals surface area contributed by atoms with Gasteiger partial charge >= 0.3 is 5.97 Å². The van der Waals surface area contributed by atoms with Crippen LogP contribution >= 0.6 is 11.8 Å². The van der Waals surface area contributed by atoms with Crippen LogP contribution in [0.1, 0.15) is 45.4 Å². The summed E-state index contributed by atoms with van der Waals surface area (Å²) < 4.78 is 1.97. The normalized spacial score (nSPS) is 14.1. The van der Waals surface area contributed by atoms with Crippen LogP contribution in [0.2, 0.25) is 0 Å². The highest BCUT2D eigenvalue weighted by Gasteiger charge is 2.31. The molecule has 7 heteroatoms. The lowest BCUT2D eigenvalue weighted by Crippen LogP contribution is -2.49. The average Bonchev–Trinajstić information content (AvgIpc) is 2.76. The Labute approximate surface area is 130 Å². The van der Waals surface area contributed by atoms with Gasteiger partial charge in [0.2, 0.25) is 0 Å². The van der Waals surface area contributed by atoms with E-state index in [2.05, 4.69) is 15.5 Å². The Kier molecular flexibility index (Phi) is 7.17. The second kappa shape index (κ2) is 8.38. The molecule has 0 amide bonds. The van der Waals surface area contributed by atoms with E-state index >= 15 is 0 Å². The number of rotatable bonds is 10. The number of hydrogen-bond donors (Lipinski definition) is 2. The Morgan fingerprint density at radius 3 is 2.67 bits per heavy atom. The van der Waals surface area contributed by atoms with Gasteiger partial charge in [-0.15, -0.1) is 10.2 Å². The molecule has 1 atom stereocenters. The monoisotopic (exact) mass is 314 g/mol. The van der Waals surface area contributed by atoms with Crippen LogP contribution in [-0.4, -0.2) is 43.7 Å². The molecule has 1 unspecified atom stereocenters. The summed E-state index contributed by atoms with van der Waals surface area (Å²) in [6.45, 7) is 6.46. The first-order chi connectivity index (χ1) is 9.90. The number of carboxylic acid groups (broad SMARTS) is 1. The van der Waals surface area contributed by atoms with Crippen molar-refractivity contribution in [1.82, 2.24) is 20.1 Å². The predicted molar refractivity (Wildman–Crippen MR) is 84.6 cm³/mol. The fourth-order valence-electron chi connectivity index (χ4n) is 1.93. The Morgan fingerprint density at radius 1 is 1.43 bits per heavy atom. The van der Waals surface area contributed by atoms with Crippen LogP contribution < -0.4 is 5.32 Å². The lowest BCUT2D eigenvalue weighted by molar-refractivity contribution is -0.144. The van der Waals surface area contributed by atoms with Gasteiger partial charge in [0, 0.05) is 12.8 Å². The van der Waals surface area contributed by atoms with E-state index < -0.39 is 11.5 Å². The summed E-state index contributed by atoms with van der Waals surface area (Å²) in [4.78, 5) is 11.4. The number of aromatic nitrogens is 3. The molecule has 1 aromatic heterocycles. The number of hydrogen-bond acceptors (Lipinski definition) is 5. The lowest BCUT2D eigenvalue weighted by atomic mass is 9.95. The second-order valence-electron chi connectivity index (χ2n) is 5.46. The Balaban J connectivity index is 2.31. The van der Waals surface area contributed by atoms with Crippen molar-refractivity contribution in [2.75, 3.05) is 12.3 Å². The number of thioether (sulfide) groups is 1. The third-order valence-electron chi connectivity index (χ3n) is 3.59. The Bertz CT molecular complexity index is 464. The summed E-state index contributed by atoms with van der Waals surface area (Å²) >= 11 is 1.67. The average molecular weight is 314 g/mol. The van der Waals surface area contributed by atoms with Gasteiger partial charge in [-0.1, -0.05) is 25.1 Å². The summed E-state index contributed by atoms with van der Waals surface area (Å²) in [5, 5.41) is 21.5. The molecule has 0 saturated heterocycles. The molecule has 0 fully saturated rings. The smallest absolute Gasteiger partial charge is 0.323 e. The highest BCUT2D eigenvalue weighted by molar-refractivity contribution is 7.99. The molecule has 120 valence electrons. The van der Waals surface area contributed by atoms with E-state index in [4.69, 9.17) is 0 Å². The van der Waals surface area contributed by atoms with Crippen molar-refractivity contribution in [1.29, 1.82) is 0 Å². The molecular formula is C14H26N4O2S. The summed E-state index contributed by atoms with van der Waals surface area (Å²) in [5.74, 6) is 1.06. The van der Waals surface area contributed by atoms with E-state index in [0.717, 1.165) is 42.5 Å². The number of nitrogens with one attached hydrogen (secondary N) is 1. The van der Waals surface area contributed by atoms with Crippen molar-refractivity contribution >= 4 is 17.7 Å². The molecule has 21 heavy (non-hydrogen) atoms. The first-order valence-electron chi connectivity index (χ1n) is 7.38. The molecule has 0 bridgehead atoms. The quantitative estimate of drug-likeness (QED) is 0.509. The fourth-order valence-corrected chi connectivity index (χ4v) is 2.88. The number of aliphatic carboxylic acids is 1. The van der Waals surface area contributed by atoms with Gasteiger partial charge in [0.25, 0.3) is 0 Å². The van der Waals surface area contributed by atoms with Gasteiger partial charge in [0.15, 0.2) is 5.16 Å². The maximum atomic E-state index is 11.4. The van der Waals surface area contributed by atoms with Crippen LogP contribution in [0.5, 0.6) is 0 Å². The number of aryl methyl sites for hydroxylation is 1. The largest absolute Gasteiger partial charge is 0.480 e. The van der Waals surface area contributed by atoms with Crippen LogP contribution in [0.4, 0.5) is 0 Å². The van der Waals surface area contributed by atoms with Crippen molar-refractivity contribution in [3.8, 4) is 0 Å². The maximum Gasteiger partial charge on any atom is 0.323 e. The van der Waals surface area contributed by atoms with E-state index in [1.807, 2.05) is 25.5 Å². The molecule has 0 aliphatic heterocycles. The maximum absolute atomic E-state index is 11.4. The summed E-state index contributed by atoms with van der Waals surface area (Å²) in [7, 11) is 1.95. The number of unbranched alkanes of at least 4 members (excludes halogenated alkanes) is 1. The van der Waals surface area contributed by atoms with Crippen molar-refractivity contribution in [2.24, 2.45) is 7.05 Å². The zero-order valence-corrected chi connectivity index (χ0v) is 14.2. The molecule has 0 aliphatic rings. The van der Waals surface area contributed by atoms with Gasteiger partial charge < -0.3 is 15.0 Å². The molecule has 1 aromatic rings. The van der Waals surface area contributed by atoms with Gasteiger partial charge in [0.05, 0.1) is 0 Å². The Hall–Kier alpha value is -1.08. The zero-order valence-electron chi connectivity index (χ0n) is 13.3. The minimum absolute atomic E-state index is 0.640. The van der Waals surface area contributed by atoms with Crippen molar-refractivity contribution in [2.45, 2.75) is 57.1 Å². The van der Waals surface area contributed by atoms with Crippen molar-refractivity contribution in [3.05, 3.63) is 5.82 Å². The van der Waals surface area contributed by atoms with Crippen molar-refractivity contribution in [3.63, 3.8) is 0 Å². The van der Waals surface area contributed by atoms with Crippen LogP contribution in [-0.2, 0) is 11.8 Å². The number of carbonyl (C=O) groups is 1. The van der Waals surface area contributed by atoms with E-state index in [1.54, 1.807) is 18.7 Å². The summed E-state index contributed by atoms with van der Waals surface area (Å²) in [6.07, 6.45) is 3.42. The van der Waals surface area contributed by atoms with Gasteiger partial charge in [-0.3, -0.25) is 4.79 Å². The minimum Gasteiger partial charge on any atom is -0.480 e. The van der Waals surface area contributed by atoms with Crippen LogP contribution in [0, 0.1) is 6.92 Å². The molecule has 0 spiro atoms. The summed E-state index contributed by atoms with van der Waals surface area (Å²) in [6, 6.07) is 0. The zero-order chi connectivity index (χ0) is 15.9. The molecule has 1 heterocycles. The topological polar surface area (TPSA) is 80.0 Å². The molecule has 0 radical (unpaired) electrons. The number of carboxylic acids is 1. The van der Waals surface area contributed by atoms with Crippen LogP contribution in [0.3, 0.4) is 0 Å². The molecular weight excluding hydrogens is 288 g/mol. The van der Waals surface area contributed by atoms with Gasteiger partial charge in [-0.2, -0.15) is 0 Å². The van der Waals surface area contributed by atoms with E-state index in [1.165, 1.54) is 0 Å². The standard InChI is InChI=1S/C14H26N4O2S/c1-5-9-15-14(3,12(19)20)8-6-7-10-21-13-17-16-11(2)18(13)4/h15H,5-10H2,1-4H3,(H,19,20). The van der Waals surface area contributed by atoms with Crippen molar-refractivity contribution < 1.29 is 9.90 Å². The summed E-state index contributed by atoms with van der Waals surface area (Å²) in [5.41, 5.74) is -0.817. The molecule has 0 aliphatic carbocycles.